The van der Waals surface area contributed by atoms with Gasteiger partial charge in [-0.3, -0.25) is 4.98 Å². The molecule has 61 valence electrons. The molecule has 0 fully saturated rings. The lowest BCUT2D eigenvalue weighted by Gasteiger charge is -1.86. The summed E-state index contributed by atoms with van der Waals surface area (Å²) >= 11 is 0. The van der Waals surface area contributed by atoms with E-state index in [9.17, 15) is 0 Å². The van der Waals surface area contributed by atoms with Gasteiger partial charge in [0.2, 0.25) is 0 Å². The predicted molar refractivity (Wildman–Crippen MR) is 52.4 cm³/mol. The van der Waals surface area contributed by atoms with Crippen LogP contribution in [-0.4, -0.2) is 9.97 Å². The van der Waals surface area contributed by atoms with Crippen LogP contribution < -0.4 is 0 Å². The lowest BCUT2D eigenvalue weighted by molar-refractivity contribution is 1.33. The molecule has 2 heterocycles. The van der Waals surface area contributed by atoms with E-state index in [1.165, 1.54) is 10.8 Å². The van der Waals surface area contributed by atoms with Gasteiger partial charge in [-0.25, -0.2) is 0 Å². The summed E-state index contributed by atoms with van der Waals surface area (Å²) in [6.45, 7) is 0. The molecule has 3 aromatic rings. The Balaban J connectivity index is 2.64. The highest BCUT2D eigenvalue weighted by Crippen LogP contribution is 2.23. The van der Waals surface area contributed by atoms with E-state index >= 15 is 0 Å². The summed E-state index contributed by atoms with van der Waals surface area (Å²) in [5.41, 5.74) is 2.22. The van der Waals surface area contributed by atoms with E-state index in [0.29, 0.717) is 0 Å². The van der Waals surface area contributed by atoms with Crippen LogP contribution in [0.3, 0.4) is 0 Å². The molecule has 0 amide bonds. The quantitative estimate of drug-likeness (QED) is 0.547. The monoisotopic (exact) mass is 167 g/mol. The summed E-state index contributed by atoms with van der Waals surface area (Å²) in [5.74, 6) is 0. The topological polar surface area (TPSA) is 28.7 Å². The number of fused-ring (bicyclic) bond motifs is 3. The summed E-state index contributed by atoms with van der Waals surface area (Å²) in [4.78, 5) is 7.25. The lowest BCUT2D eigenvalue weighted by Crippen LogP contribution is -1.69. The van der Waals surface area contributed by atoms with E-state index in [4.69, 9.17) is 0 Å². The largest absolute Gasteiger partial charge is 0.353 e. The minimum atomic E-state index is 1.07. The highest BCUT2D eigenvalue weighted by molar-refractivity contribution is 6.06. The van der Waals surface area contributed by atoms with Crippen LogP contribution in [0.25, 0.3) is 21.8 Å². The molecule has 0 aliphatic carbocycles. The van der Waals surface area contributed by atoms with Gasteiger partial charge in [-0.1, -0.05) is 18.2 Å². The van der Waals surface area contributed by atoms with Crippen molar-refractivity contribution in [2.45, 2.75) is 0 Å². The second kappa shape index (κ2) is 2.33. The summed E-state index contributed by atoms with van der Waals surface area (Å²) in [7, 11) is 0. The van der Waals surface area contributed by atoms with Crippen molar-refractivity contribution in [1.29, 1.82) is 0 Å². The van der Waals surface area contributed by atoms with E-state index in [1.54, 1.807) is 6.20 Å². The van der Waals surface area contributed by atoms with Gasteiger partial charge in [0.25, 0.3) is 0 Å². The number of rotatable bonds is 0. The first-order chi connectivity index (χ1) is 6.45. The number of nitrogens with one attached hydrogen (secondary N) is 1. The SMILES string of the molecule is [c]1cc2c(cn1)[nH]c1ccccc12. The third kappa shape index (κ3) is 0.855. The molecule has 3 rings (SSSR count). The first-order valence-electron chi connectivity index (χ1n) is 4.18. The standard InChI is InChI=1S/C11H7N2/c1-2-4-10-8(3-1)9-5-6-12-7-11(9)13-10/h1-5,7,13H. The number of H-pyrrole nitrogens is 1. The van der Waals surface area contributed by atoms with Gasteiger partial charge in [0.05, 0.1) is 17.9 Å². The summed E-state index contributed by atoms with van der Waals surface area (Å²) in [6.07, 6.45) is 4.64. The number of nitrogens with zero attached hydrogens (tertiary/aromatic N) is 1. The van der Waals surface area contributed by atoms with E-state index in [1.807, 2.05) is 18.2 Å². The zero-order valence-electron chi connectivity index (χ0n) is 6.91. The molecule has 0 bridgehead atoms. The van der Waals surface area contributed by atoms with Gasteiger partial charge in [-0.05, 0) is 12.1 Å². The maximum absolute atomic E-state index is 3.95. The fourth-order valence-electron chi connectivity index (χ4n) is 1.65. The first kappa shape index (κ1) is 6.66. The van der Waals surface area contributed by atoms with Gasteiger partial charge >= 0.3 is 0 Å². The first-order valence-corrected chi connectivity index (χ1v) is 4.18. The fraction of sp³-hybridized carbons (Fsp3) is 0. The Morgan fingerprint density at radius 1 is 1.08 bits per heavy atom. The van der Waals surface area contributed by atoms with Crippen molar-refractivity contribution in [3.63, 3.8) is 0 Å². The fourth-order valence-corrected chi connectivity index (χ4v) is 1.65. The lowest BCUT2D eigenvalue weighted by atomic mass is 10.2. The number of hydrogen-bond donors (Lipinski definition) is 1. The van der Waals surface area contributed by atoms with Gasteiger partial charge in [-0.2, -0.15) is 0 Å². The van der Waals surface area contributed by atoms with Gasteiger partial charge in [0.1, 0.15) is 0 Å². The van der Waals surface area contributed by atoms with Crippen molar-refractivity contribution >= 4 is 21.8 Å². The third-order valence-corrected chi connectivity index (χ3v) is 2.25. The van der Waals surface area contributed by atoms with Crippen LogP contribution in [0.15, 0.2) is 36.5 Å². The normalized spacial score (nSPS) is 11.1. The molecule has 13 heavy (non-hydrogen) atoms. The smallest absolute Gasteiger partial charge is 0.0894 e. The van der Waals surface area contributed by atoms with E-state index < -0.39 is 0 Å². The number of aromatic nitrogens is 2. The van der Waals surface area contributed by atoms with Gasteiger partial charge < -0.3 is 4.98 Å². The average Bonchev–Trinajstić information content (AvgIpc) is 2.56. The number of pyridine rings is 1. The molecule has 0 aliphatic heterocycles. The van der Waals surface area contributed by atoms with E-state index in [0.717, 1.165) is 11.0 Å². The van der Waals surface area contributed by atoms with Crippen LogP contribution in [-0.2, 0) is 0 Å². The van der Waals surface area contributed by atoms with Gasteiger partial charge in [0.15, 0.2) is 0 Å². The summed E-state index contributed by atoms with van der Waals surface area (Å²) < 4.78 is 0. The summed E-state index contributed by atoms with van der Waals surface area (Å²) in [6, 6.07) is 10.1. The van der Waals surface area contributed by atoms with E-state index in [-0.39, 0.29) is 0 Å². The molecule has 0 saturated carbocycles. The molecule has 0 atom stereocenters. The third-order valence-electron chi connectivity index (χ3n) is 2.25. The maximum atomic E-state index is 3.95. The second-order valence-electron chi connectivity index (χ2n) is 3.03. The maximum Gasteiger partial charge on any atom is 0.0894 e. The van der Waals surface area contributed by atoms with Gasteiger partial charge in [0, 0.05) is 16.3 Å². The minimum Gasteiger partial charge on any atom is -0.353 e. The van der Waals surface area contributed by atoms with Crippen molar-refractivity contribution in [3.8, 4) is 0 Å². The Morgan fingerprint density at radius 3 is 3.00 bits per heavy atom. The van der Waals surface area contributed by atoms with Crippen molar-refractivity contribution in [2.75, 3.05) is 0 Å². The summed E-state index contributed by atoms with van der Waals surface area (Å²) in [5, 5.41) is 2.42. The van der Waals surface area contributed by atoms with Crippen LogP contribution in [0.5, 0.6) is 0 Å². The highest BCUT2D eigenvalue weighted by Gasteiger charge is 2.01. The zero-order chi connectivity index (χ0) is 8.67. The Hall–Kier alpha value is -1.83. The molecule has 2 nitrogen and oxygen atoms in total. The predicted octanol–water partition coefficient (Wildman–Crippen LogP) is 2.52. The van der Waals surface area contributed by atoms with Crippen molar-refractivity contribution in [1.82, 2.24) is 9.97 Å². The molecule has 1 radical (unpaired) electrons. The minimum absolute atomic E-state index is 1.07. The Labute approximate surface area is 75.2 Å². The second-order valence-corrected chi connectivity index (χ2v) is 3.03. The number of benzene rings is 1. The van der Waals surface area contributed by atoms with Crippen LogP contribution >= 0.6 is 0 Å². The van der Waals surface area contributed by atoms with Crippen LogP contribution in [0.1, 0.15) is 0 Å². The molecule has 0 unspecified atom stereocenters. The Bertz CT molecular complexity index is 516. The zero-order valence-corrected chi connectivity index (χ0v) is 6.91. The Morgan fingerprint density at radius 2 is 2.00 bits per heavy atom. The van der Waals surface area contributed by atoms with Crippen molar-refractivity contribution < 1.29 is 0 Å². The number of para-hydroxylation sites is 1. The molecule has 0 spiro atoms. The number of hydrogen-bond acceptors (Lipinski definition) is 1. The van der Waals surface area contributed by atoms with E-state index in [2.05, 4.69) is 28.3 Å². The van der Waals surface area contributed by atoms with Crippen LogP contribution in [0, 0.1) is 6.20 Å². The average molecular weight is 167 g/mol. The van der Waals surface area contributed by atoms with Gasteiger partial charge in [-0.15, -0.1) is 0 Å². The molecule has 2 aromatic heterocycles. The highest BCUT2D eigenvalue weighted by atomic mass is 14.7. The Kier molecular flexibility index (Phi) is 1.19. The van der Waals surface area contributed by atoms with Crippen LogP contribution in [0.2, 0.25) is 0 Å². The molecule has 1 N–H and O–H groups in total. The molecule has 1 aromatic carbocycles. The van der Waals surface area contributed by atoms with Crippen molar-refractivity contribution in [3.05, 3.63) is 42.7 Å². The molecular weight excluding hydrogens is 160 g/mol. The molecule has 0 aliphatic rings. The van der Waals surface area contributed by atoms with Crippen molar-refractivity contribution in [2.24, 2.45) is 0 Å². The van der Waals surface area contributed by atoms with Crippen LogP contribution in [0.4, 0.5) is 0 Å². The number of aromatic amines is 1. The molecule has 0 saturated heterocycles. The molecular formula is C11H7N2. The molecule has 2 heteroatoms.